The summed E-state index contributed by atoms with van der Waals surface area (Å²) in [5.41, 5.74) is 0.679. The zero-order chi connectivity index (χ0) is 16.6. The topological polar surface area (TPSA) is 58.4 Å². The molecule has 1 aromatic carbocycles. The maximum atomic E-state index is 13.7. The minimum Gasteiger partial charge on any atom is -0.342 e. The number of likely N-dealkylation sites (N-methyl/N-ethyl adjacent to an activating group) is 1. The Morgan fingerprint density at radius 1 is 1.35 bits per heavy atom. The lowest BCUT2D eigenvalue weighted by molar-refractivity contribution is -0.137. The second kappa shape index (κ2) is 5.83. The molecule has 23 heavy (non-hydrogen) atoms. The summed E-state index contributed by atoms with van der Waals surface area (Å²) in [7, 11) is 1.71. The number of rotatable bonds is 2. The Balaban J connectivity index is 1.99. The van der Waals surface area contributed by atoms with Crippen LogP contribution in [0.3, 0.4) is 0 Å². The summed E-state index contributed by atoms with van der Waals surface area (Å²) >= 11 is 0. The lowest BCUT2D eigenvalue weighted by Gasteiger charge is -2.37. The van der Waals surface area contributed by atoms with E-state index in [4.69, 9.17) is 0 Å². The van der Waals surface area contributed by atoms with Crippen LogP contribution in [0.4, 0.5) is 4.39 Å². The monoisotopic (exact) mass is 316 g/mol. The molecule has 0 N–H and O–H groups in total. The van der Waals surface area contributed by atoms with E-state index in [1.54, 1.807) is 37.3 Å². The fraction of sp³-hybridized carbons (Fsp3) is 0.312. The molecular formula is C16H17FN4O2. The van der Waals surface area contributed by atoms with Crippen LogP contribution in [0.15, 0.2) is 36.7 Å². The van der Waals surface area contributed by atoms with Crippen molar-refractivity contribution in [1.29, 1.82) is 0 Å². The van der Waals surface area contributed by atoms with E-state index in [1.807, 2.05) is 0 Å². The third kappa shape index (κ3) is 2.69. The van der Waals surface area contributed by atoms with Crippen molar-refractivity contribution in [2.24, 2.45) is 0 Å². The number of benzene rings is 1. The van der Waals surface area contributed by atoms with Crippen molar-refractivity contribution in [2.45, 2.75) is 13.0 Å². The average molecular weight is 316 g/mol. The third-order valence-corrected chi connectivity index (χ3v) is 4.08. The molecule has 1 saturated heterocycles. The zero-order valence-electron chi connectivity index (χ0n) is 12.9. The minimum atomic E-state index is -0.574. The number of aromatic nitrogens is 2. The van der Waals surface area contributed by atoms with Crippen LogP contribution in [0, 0.1) is 5.82 Å². The maximum absolute atomic E-state index is 13.7. The van der Waals surface area contributed by atoms with Crippen molar-refractivity contribution >= 4 is 11.8 Å². The van der Waals surface area contributed by atoms with E-state index in [-0.39, 0.29) is 17.4 Å². The summed E-state index contributed by atoms with van der Waals surface area (Å²) in [4.78, 5) is 28.0. The summed E-state index contributed by atoms with van der Waals surface area (Å²) in [5.74, 6) is -0.997. The van der Waals surface area contributed by atoms with Crippen molar-refractivity contribution in [2.75, 3.05) is 20.1 Å². The standard InChI is InChI=1S/C16H17FN4O2/c1-11-15(22)19(2)8-9-20(11)16(23)13-10-12(17)4-5-14(13)21-7-3-6-18-21/h3-7,10-11H,8-9H2,1-2H3. The van der Waals surface area contributed by atoms with Crippen molar-refractivity contribution < 1.29 is 14.0 Å². The number of carbonyl (C=O) groups excluding carboxylic acids is 2. The van der Waals surface area contributed by atoms with Gasteiger partial charge in [0.1, 0.15) is 11.9 Å². The summed E-state index contributed by atoms with van der Waals surface area (Å²) in [5, 5.41) is 4.10. The molecule has 7 heteroatoms. The van der Waals surface area contributed by atoms with Crippen molar-refractivity contribution in [3.8, 4) is 5.69 Å². The number of halogens is 1. The Labute approximate surface area is 133 Å². The van der Waals surface area contributed by atoms with Gasteiger partial charge in [0.25, 0.3) is 5.91 Å². The molecule has 2 heterocycles. The maximum Gasteiger partial charge on any atom is 0.256 e. The fourth-order valence-corrected chi connectivity index (χ4v) is 2.74. The highest BCUT2D eigenvalue weighted by Gasteiger charge is 2.34. The SMILES string of the molecule is CC1C(=O)N(C)CCN1C(=O)c1cc(F)ccc1-n1cccn1. The molecular weight excluding hydrogens is 299 g/mol. The minimum absolute atomic E-state index is 0.123. The summed E-state index contributed by atoms with van der Waals surface area (Å²) in [6, 6.07) is 5.13. The van der Waals surface area contributed by atoms with Gasteiger partial charge in [-0.1, -0.05) is 0 Å². The van der Waals surface area contributed by atoms with Gasteiger partial charge in [0, 0.05) is 32.5 Å². The third-order valence-electron chi connectivity index (χ3n) is 4.08. The van der Waals surface area contributed by atoms with Crippen LogP contribution in [0.5, 0.6) is 0 Å². The lowest BCUT2D eigenvalue weighted by Crippen LogP contribution is -2.56. The van der Waals surface area contributed by atoms with E-state index >= 15 is 0 Å². The normalized spacial score (nSPS) is 18.4. The molecule has 3 rings (SSSR count). The van der Waals surface area contributed by atoms with E-state index in [2.05, 4.69) is 5.10 Å². The average Bonchev–Trinajstić information content (AvgIpc) is 3.06. The van der Waals surface area contributed by atoms with E-state index in [9.17, 15) is 14.0 Å². The Morgan fingerprint density at radius 3 is 2.83 bits per heavy atom. The van der Waals surface area contributed by atoms with Gasteiger partial charge in [-0.15, -0.1) is 0 Å². The molecule has 0 bridgehead atoms. The van der Waals surface area contributed by atoms with Gasteiger partial charge < -0.3 is 9.80 Å². The highest BCUT2D eigenvalue weighted by atomic mass is 19.1. The largest absolute Gasteiger partial charge is 0.342 e. The molecule has 2 aromatic rings. The first-order valence-corrected chi connectivity index (χ1v) is 7.34. The Morgan fingerprint density at radius 2 is 2.13 bits per heavy atom. The van der Waals surface area contributed by atoms with Crippen LogP contribution in [0.2, 0.25) is 0 Å². The highest BCUT2D eigenvalue weighted by molar-refractivity contribution is 6.00. The van der Waals surface area contributed by atoms with E-state index in [0.717, 1.165) is 0 Å². The first kappa shape index (κ1) is 15.2. The molecule has 1 aromatic heterocycles. The molecule has 0 radical (unpaired) electrons. The van der Waals surface area contributed by atoms with Gasteiger partial charge in [-0.05, 0) is 31.2 Å². The number of carbonyl (C=O) groups is 2. The van der Waals surface area contributed by atoms with Crippen molar-refractivity contribution in [1.82, 2.24) is 19.6 Å². The second-order valence-electron chi connectivity index (χ2n) is 5.55. The van der Waals surface area contributed by atoms with Crippen LogP contribution in [-0.2, 0) is 4.79 Å². The van der Waals surface area contributed by atoms with Crippen LogP contribution in [0.25, 0.3) is 5.69 Å². The zero-order valence-corrected chi connectivity index (χ0v) is 12.9. The molecule has 0 spiro atoms. The molecule has 1 fully saturated rings. The molecule has 1 aliphatic rings. The quantitative estimate of drug-likeness (QED) is 0.839. The van der Waals surface area contributed by atoms with Crippen molar-refractivity contribution in [3.05, 3.63) is 48.0 Å². The molecule has 120 valence electrons. The molecule has 1 unspecified atom stereocenters. The molecule has 1 aliphatic heterocycles. The van der Waals surface area contributed by atoms with Crippen LogP contribution >= 0.6 is 0 Å². The lowest BCUT2D eigenvalue weighted by atomic mass is 10.1. The number of hydrogen-bond acceptors (Lipinski definition) is 3. The molecule has 6 nitrogen and oxygen atoms in total. The van der Waals surface area contributed by atoms with E-state index in [0.29, 0.717) is 18.8 Å². The van der Waals surface area contributed by atoms with Gasteiger partial charge in [-0.3, -0.25) is 9.59 Å². The number of hydrogen-bond donors (Lipinski definition) is 0. The van der Waals surface area contributed by atoms with Gasteiger partial charge in [0.05, 0.1) is 11.3 Å². The smallest absolute Gasteiger partial charge is 0.256 e. The van der Waals surface area contributed by atoms with Gasteiger partial charge in [-0.2, -0.15) is 5.10 Å². The summed E-state index contributed by atoms with van der Waals surface area (Å²) in [6.07, 6.45) is 3.27. The van der Waals surface area contributed by atoms with E-state index < -0.39 is 11.9 Å². The number of piperazine rings is 1. The van der Waals surface area contributed by atoms with Crippen LogP contribution in [0.1, 0.15) is 17.3 Å². The van der Waals surface area contributed by atoms with Gasteiger partial charge in [0.2, 0.25) is 5.91 Å². The summed E-state index contributed by atoms with van der Waals surface area (Å²) < 4.78 is 15.2. The summed E-state index contributed by atoms with van der Waals surface area (Å²) in [6.45, 7) is 2.56. The molecule has 1 atom stereocenters. The van der Waals surface area contributed by atoms with Crippen LogP contribution < -0.4 is 0 Å². The first-order valence-electron chi connectivity index (χ1n) is 7.34. The number of nitrogens with zero attached hydrogens (tertiary/aromatic N) is 4. The molecule has 2 amide bonds. The van der Waals surface area contributed by atoms with Gasteiger partial charge in [0.15, 0.2) is 0 Å². The van der Waals surface area contributed by atoms with Crippen LogP contribution in [-0.4, -0.2) is 57.6 Å². The second-order valence-corrected chi connectivity index (χ2v) is 5.55. The molecule has 0 saturated carbocycles. The fourth-order valence-electron chi connectivity index (χ4n) is 2.74. The first-order chi connectivity index (χ1) is 11.0. The Bertz CT molecular complexity index is 745. The highest BCUT2D eigenvalue weighted by Crippen LogP contribution is 2.20. The van der Waals surface area contributed by atoms with E-state index in [1.165, 1.54) is 27.8 Å². The van der Waals surface area contributed by atoms with Gasteiger partial charge >= 0.3 is 0 Å². The Kier molecular flexibility index (Phi) is 3.85. The van der Waals surface area contributed by atoms with Crippen molar-refractivity contribution in [3.63, 3.8) is 0 Å². The Hall–Kier alpha value is -2.70. The van der Waals surface area contributed by atoms with Gasteiger partial charge in [-0.25, -0.2) is 9.07 Å². The predicted molar refractivity (Wildman–Crippen MR) is 81.7 cm³/mol. The number of amides is 2. The molecule has 0 aliphatic carbocycles. The predicted octanol–water partition coefficient (Wildman–Crippen LogP) is 1.31.